The van der Waals surface area contributed by atoms with Crippen molar-refractivity contribution in [3.63, 3.8) is 0 Å². The van der Waals surface area contributed by atoms with Crippen molar-refractivity contribution < 1.29 is 4.79 Å². The van der Waals surface area contributed by atoms with Gasteiger partial charge in [0.2, 0.25) is 5.91 Å². The number of hydrogen-bond donors (Lipinski definition) is 2. The summed E-state index contributed by atoms with van der Waals surface area (Å²) < 4.78 is 0. The number of anilines is 1. The molecule has 1 heterocycles. The van der Waals surface area contributed by atoms with Crippen molar-refractivity contribution in [1.82, 2.24) is 9.88 Å². The van der Waals surface area contributed by atoms with E-state index in [0.29, 0.717) is 6.54 Å². The maximum Gasteiger partial charge on any atom is 0.231 e. The number of primary amides is 1. The first-order valence-electron chi connectivity index (χ1n) is 6.74. The van der Waals surface area contributed by atoms with Crippen molar-refractivity contribution in [2.75, 3.05) is 18.4 Å². The third-order valence-electron chi connectivity index (χ3n) is 2.90. The predicted octanol–water partition coefficient (Wildman–Crippen LogP) is 1.60. The molecule has 0 bridgehead atoms. The van der Waals surface area contributed by atoms with Gasteiger partial charge in [0.05, 0.1) is 6.54 Å². The Morgan fingerprint density at radius 1 is 1.53 bits per heavy atom. The highest BCUT2D eigenvalue weighted by Gasteiger charge is 2.14. The van der Waals surface area contributed by atoms with E-state index in [1.54, 1.807) is 6.20 Å². The second-order valence-corrected chi connectivity index (χ2v) is 4.90. The summed E-state index contributed by atoms with van der Waals surface area (Å²) in [4.78, 5) is 17.5. The Bertz CT molecular complexity index is 406. The van der Waals surface area contributed by atoms with E-state index in [2.05, 4.69) is 31.1 Å². The number of amides is 1. The first-order valence-corrected chi connectivity index (χ1v) is 6.74. The van der Waals surface area contributed by atoms with Gasteiger partial charge in [-0.05, 0) is 26.3 Å². The molecule has 5 nitrogen and oxygen atoms in total. The number of nitrogens with zero attached hydrogens (tertiary/aromatic N) is 2. The highest BCUT2D eigenvalue weighted by Crippen LogP contribution is 2.15. The first kappa shape index (κ1) is 15.4. The molecular weight excluding hydrogens is 240 g/mol. The molecule has 0 aliphatic rings. The third-order valence-corrected chi connectivity index (χ3v) is 2.90. The van der Waals surface area contributed by atoms with Gasteiger partial charge in [-0.3, -0.25) is 9.69 Å². The highest BCUT2D eigenvalue weighted by atomic mass is 16.1. The Morgan fingerprint density at radius 2 is 2.26 bits per heavy atom. The van der Waals surface area contributed by atoms with Gasteiger partial charge >= 0.3 is 0 Å². The normalized spacial score (nSPS) is 11.0. The van der Waals surface area contributed by atoms with Crippen molar-refractivity contribution in [3.05, 3.63) is 23.9 Å². The molecule has 106 valence electrons. The Hall–Kier alpha value is -1.62. The molecule has 0 unspecified atom stereocenters. The van der Waals surface area contributed by atoms with Crippen LogP contribution < -0.4 is 11.1 Å². The second kappa shape index (κ2) is 7.74. The summed E-state index contributed by atoms with van der Waals surface area (Å²) in [6.07, 6.45) is 2.82. The maximum atomic E-state index is 11.1. The molecule has 1 rings (SSSR count). The maximum absolute atomic E-state index is 11.1. The molecule has 3 N–H and O–H groups in total. The molecule has 0 radical (unpaired) electrons. The van der Waals surface area contributed by atoms with E-state index >= 15 is 0 Å². The summed E-state index contributed by atoms with van der Waals surface area (Å²) in [5, 5.41) is 3.31. The van der Waals surface area contributed by atoms with Crippen LogP contribution in [0.25, 0.3) is 0 Å². The lowest BCUT2D eigenvalue weighted by atomic mass is 10.2. The molecule has 0 fully saturated rings. The molecule has 0 spiro atoms. The van der Waals surface area contributed by atoms with Gasteiger partial charge in [0.25, 0.3) is 0 Å². The highest BCUT2D eigenvalue weighted by molar-refractivity contribution is 5.76. The third kappa shape index (κ3) is 5.26. The van der Waals surface area contributed by atoms with E-state index in [0.717, 1.165) is 24.3 Å². The minimum atomic E-state index is -0.305. The zero-order chi connectivity index (χ0) is 14.3. The number of nitrogens with two attached hydrogens (primary N) is 1. The molecule has 0 aromatic carbocycles. The minimum Gasteiger partial charge on any atom is -0.370 e. The first-order chi connectivity index (χ1) is 9.04. The molecule has 5 heteroatoms. The van der Waals surface area contributed by atoms with Crippen LogP contribution in [0.5, 0.6) is 0 Å². The lowest BCUT2D eigenvalue weighted by molar-refractivity contribution is -0.119. The van der Waals surface area contributed by atoms with Gasteiger partial charge in [-0.15, -0.1) is 0 Å². The van der Waals surface area contributed by atoms with E-state index < -0.39 is 0 Å². The van der Waals surface area contributed by atoms with E-state index in [4.69, 9.17) is 5.73 Å². The van der Waals surface area contributed by atoms with Crippen LogP contribution in [-0.4, -0.2) is 34.9 Å². The topological polar surface area (TPSA) is 71.2 Å². The summed E-state index contributed by atoms with van der Waals surface area (Å²) in [7, 11) is 0. The van der Waals surface area contributed by atoms with Crippen LogP contribution in [-0.2, 0) is 11.3 Å². The van der Waals surface area contributed by atoms with Crippen LogP contribution in [0.3, 0.4) is 0 Å². The van der Waals surface area contributed by atoms with Crippen molar-refractivity contribution in [2.24, 2.45) is 5.73 Å². The number of hydrogen-bond acceptors (Lipinski definition) is 4. The monoisotopic (exact) mass is 264 g/mol. The van der Waals surface area contributed by atoms with Crippen molar-refractivity contribution in [2.45, 2.75) is 39.8 Å². The lowest BCUT2D eigenvalue weighted by Crippen LogP contribution is -2.38. The fourth-order valence-electron chi connectivity index (χ4n) is 1.81. The van der Waals surface area contributed by atoms with Gasteiger partial charge in [-0.2, -0.15) is 0 Å². The summed E-state index contributed by atoms with van der Waals surface area (Å²) in [6.45, 7) is 8.04. The van der Waals surface area contributed by atoms with Gasteiger partial charge in [0, 0.05) is 30.9 Å². The number of aromatic nitrogens is 1. The largest absolute Gasteiger partial charge is 0.370 e. The zero-order valence-electron chi connectivity index (χ0n) is 12.0. The number of carbonyl (C=O) groups excluding carboxylic acids is 1. The van der Waals surface area contributed by atoms with E-state index in [9.17, 15) is 4.79 Å². The Morgan fingerprint density at radius 3 is 2.84 bits per heavy atom. The standard InChI is InChI=1S/C14H24N4O/c1-4-7-16-14-12(6-5-8-17-14)9-18(11(2)3)10-13(15)19/h5-6,8,11H,4,7,9-10H2,1-3H3,(H2,15,19)(H,16,17). The Labute approximate surface area is 115 Å². The van der Waals surface area contributed by atoms with E-state index in [1.807, 2.05) is 17.0 Å². The predicted molar refractivity (Wildman–Crippen MR) is 77.8 cm³/mol. The molecule has 1 aromatic heterocycles. The van der Waals surface area contributed by atoms with Gasteiger partial charge < -0.3 is 11.1 Å². The molecule has 1 amide bonds. The average Bonchev–Trinajstić information content (AvgIpc) is 2.36. The fraction of sp³-hybridized carbons (Fsp3) is 0.571. The summed E-state index contributed by atoms with van der Waals surface area (Å²) in [5.41, 5.74) is 6.38. The minimum absolute atomic E-state index is 0.256. The van der Waals surface area contributed by atoms with Crippen LogP contribution in [0.2, 0.25) is 0 Å². The van der Waals surface area contributed by atoms with E-state index in [-0.39, 0.29) is 18.5 Å². The number of carbonyl (C=O) groups is 1. The summed E-state index contributed by atoms with van der Waals surface area (Å²) >= 11 is 0. The van der Waals surface area contributed by atoms with E-state index in [1.165, 1.54) is 0 Å². The van der Waals surface area contributed by atoms with Crippen molar-refractivity contribution >= 4 is 11.7 Å². The van der Waals surface area contributed by atoms with Gasteiger partial charge in [0.1, 0.15) is 5.82 Å². The Kier molecular flexibility index (Phi) is 6.29. The molecule has 0 saturated heterocycles. The SMILES string of the molecule is CCCNc1ncccc1CN(CC(N)=O)C(C)C. The number of pyridine rings is 1. The summed E-state index contributed by atoms with van der Waals surface area (Å²) in [6, 6.07) is 4.20. The van der Waals surface area contributed by atoms with Gasteiger partial charge in [-0.25, -0.2) is 4.98 Å². The second-order valence-electron chi connectivity index (χ2n) is 4.90. The molecular formula is C14H24N4O. The van der Waals surface area contributed by atoms with Crippen molar-refractivity contribution in [3.8, 4) is 0 Å². The molecule has 0 atom stereocenters. The molecule has 0 aliphatic heterocycles. The molecule has 0 aliphatic carbocycles. The summed E-state index contributed by atoms with van der Waals surface area (Å²) in [5.74, 6) is 0.583. The average molecular weight is 264 g/mol. The fourth-order valence-corrected chi connectivity index (χ4v) is 1.81. The lowest BCUT2D eigenvalue weighted by Gasteiger charge is -2.25. The van der Waals surface area contributed by atoms with Crippen molar-refractivity contribution in [1.29, 1.82) is 0 Å². The van der Waals surface area contributed by atoms with Crippen LogP contribution in [0.4, 0.5) is 5.82 Å². The molecule has 1 aromatic rings. The van der Waals surface area contributed by atoms with Crippen LogP contribution >= 0.6 is 0 Å². The van der Waals surface area contributed by atoms with Crippen LogP contribution in [0, 0.1) is 0 Å². The molecule has 0 saturated carbocycles. The number of nitrogens with one attached hydrogen (secondary N) is 1. The van der Waals surface area contributed by atoms with Crippen LogP contribution in [0.1, 0.15) is 32.8 Å². The van der Waals surface area contributed by atoms with Gasteiger partial charge in [0.15, 0.2) is 0 Å². The molecule has 19 heavy (non-hydrogen) atoms. The Balaban J connectivity index is 2.80. The zero-order valence-corrected chi connectivity index (χ0v) is 12.0. The smallest absolute Gasteiger partial charge is 0.231 e. The quantitative estimate of drug-likeness (QED) is 0.748. The number of rotatable bonds is 8. The van der Waals surface area contributed by atoms with Crippen LogP contribution in [0.15, 0.2) is 18.3 Å². The van der Waals surface area contributed by atoms with Gasteiger partial charge in [-0.1, -0.05) is 13.0 Å².